The molecule has 1 atom stereocenters. The second-order valence-electron chi connectivity index (χ2n) is 8.39. The Morgan fingerprint density at radius 1 is 1.03 bits per heavy atom. The lowest BCUT2D eigenvalue weighted by atomic mass is 10.1. The van der Waals surface area contributed by atoms with Crippen LogP contribution in [0.5, 0.6) is 11.5 Å². The lowest BCUT2D eigenvalue weighted by Crippen LogP contribution is -2.46. The summed E-state index contributed by atoms with van der Waals surface area (Å²) in [5.41, 5.74) is 3.40. The molecule has 1 N–H and O–H groups in total. The average molecular weight is 409 g/mol. The Balaban J connectivity index is 1.43. The van der Waals surface area contributed by atoms with Crippen LogP contribution in [-0.2, 0) is 4.79 Å². The number of rotatable bonds is 4. The van der Waals surface area contributed by atoms with Gasteiger partial charge in [0.15, 0.2) is 11.5 Å². The molecule has 30 heavy (non-hydrogen) atoms. The van der Waals surface area contributed by atoms with E-state index in [4.69, 9.17) is 9.47 Å². The summed E-state index contributed by atoms with van der Waals surface area (Å²) in [6.07, 6.45) is 3.67. The number of nitrogens with one attached hydrogen (secondary N) is 1. The van der Waals surface area contributed by atoms with Crippen LogP contribution in [0.1, 0.15) is 47.4 Å². The Labute approximate surface area is 175 Å². The van der Waals surface area contributed by atoms with E-state index in [1.54, 1.807) is 4.90 Å². The van der Waals surface area contributed by atoms with Gasteiger partial charge in [-0.3, -0.25) is 9.59 Å². The normalized spacial score (nSPS) is 20.3. The predicted molar refractivity (Wildman–Crippen MR) is 111 cm³/mol. The molecule has 3 heterocycles. The Kier molecular flexibility index (Phi) is 4.68. The van der Waals surface area contributed by atoms with Gasteiger partial charge in [0.2, 0.25) is 5.91 Å². The third-order valence-corrected chi connectivity index (χ3v) is 6.19. The zero-order valence-corrected chi connectivity index (χ0v) is 17.4. The second-order valence-corrected chi connectivity index (χ2v) is 8.39. The SMILES string of the molecule is Cc1cc(C(=O)N2CCCC2C(=O)NC2CC2)c(C)n1-c1ccc2c(c1)OCCO2. The van der Waals surface area contributed by atoms with Crippen LogP contribution in [0.25, 0.3) is 5.69 Å². The molecule has 1 aromatic heterocycles. The summed E-state index contributed by atoms with van der Waals surface area (Å²) in [6.45, 7) is 5.64. The first-order chi connectivity index (χ1) is 14.5. The minimum atomic E-state index is -0.365. The molecule has 7 heteroatoms. The van der Waals surface area contributed by atoms with Gasteiger partial charge in [0, 0.05) is 35.7 Å². The molecule has 1 saturated heterocycles. The summed E-state index contributed by atoms with van der Waals surface area (Å²) >= 11 is 0. The van der Waals surface area contributed by atoms with Crippen molar-refractivity contribution < 1.29 is 19.1 Å². The molecule has 7 nitrogen and oxygen atoms in total. The van der Waals surface area contributed by atoms with Gasteiger partial charge in [-0.25, -0.2) is 0 Å². The second kappa shape index (κ2) is 7.38. The topological polar surface area (TPSA) is 72.8 Å². The molecule has 1 unspecified atom stereocenters. The van der Waals surface area contributed by atoms with E-state index < -0.39 is 0 Å². The fraction of sp³-hybridized carbons (Fsp3) is 0.478. The summed E-state index contributed by atoms with van der Waals surface area (Å²) in [7, 11) is 0. The molecule has 0 spiro atoms. The van der Waals surface area contributed by atoms with E-state index in [1.807, 2.05) is 38.1 Å². The maximum absolute atomic E-state index is 13.4. The summed E-state index contributed by atoms with van der Waals surface area (Å²) < 4.78 is 13.4. The molecule has 0 radical (unpaired) electrons. The van der Waals surface area contributed by atoms with Gasteiger partial charge in [-0.2, -0.15) is 0 Å². The fourth-order valence-corrected chi connectivity index (χ4v) is 4.51. The summed E-state index contributed by atoms with van der Waals surface area (Å²) in [5, 5.41) is 3.05. The van der Waals surface area contributed by atoms with Crippen molar-refractivity contribution in [3.8, 4) is 17.2 Å². The van der Waals surface area contributed by atoms with E-state index in [0.717, 1.165) is 54.3 Å². The smallest absolute Gasteiger partial charge is 0.256 e. The molecule has 5 rings (SSSR count). The quantitative estimate of drug-likeness (QED) is 0.843. The highest BCUT2D eigenvalue weighted by atomic mass is 16.6. The number of fused-ring (bicyclic) bond motifs is 1. The standard InChI is InChI=1S/C23H27N3O4/c1-14-12-18(23(28)25-9-3-4-19(25)22(27)24-16-5-6-16)15(2)26(14)17-7-8-20-21(13-17)30-11-10-29-20/h7-8,12-13,16,19H,3-6,9-11H2,1-2H3,(H,24,27). The van der Waals surface area contributed by atoms with Crippen molar-refractivity contribution in [2.45, 2.75) is 51.6 Å². The first-order valence-corrected chi connectivity index (χ1v) is 10.7. The van der Waals surface area contributed by atoms with Gasteiger partial charge in [-0.15, -0.1) is 0 Å². The van der Waals surface area contributed by atoms with E-state index >= 15 is 0 Å². The number of ether oxygens (including phenoxy) is 2. The number of hydrogen-bond acceptors (Lipinski definition) is 4. The molecule has 2 amide bonds. The van der Waals surface area contributed by atoms with Crippen molar-refractivity contribution in [2.75, 3.05) is 19.8 Å². The van der Waals surface area contributed by atoms with Gasteiger partial charge < -0.3 is 24.3 Å². The summed E-state index contributed by atoms with van der Waals surface area (Å²) in [4.78, 5) is 27.8. The van der Waals surface area contributed by atoms with Crippen molar-refractivity contribution in [1.29, 1.82) is 0 Å². The highest BCUT2D eigenvalue weighted by Gasteiger charge is 2.37. The number of likely N-dealkylation sites (tertiary alicyclic amines) is 1. The molecule has 0 bridgehead atoms. The van der Waals surface area contributed by atoms with Crippen LogP contribution in [-0.4, -0.2) is 53.1 Å². The number of carbonyl (C=O) groups is 2. The summed E-state index contributed by atoms with van der Waals surface area (Å²) in [6, 6.07) is 7.69. The number of amides is 2. The number of hydrogen-bond donors (Lipinski definition) is 1. The van der Waals surface area contributed by atoms with E-state index in [9.17, 15) is 9.59 Å². The van der Waals surface area contributed by atoms with Gasteiger partial charge in [-0.1, -0.05) is 0 Å². The molecular formula is C23H27N3O4. The molecule has 1 saturated carbocycles. The van der Waals surface area contributed by atoms with Gasteiger partial charge >= 0.3 is 0 Å². The van der Waals surface area contributed by atoms with Crippen molar-refractivity contribution >= 4 is 11.8 Å². The van der Waals surface area contributed by atoms with Crippen molar-refractivity contribution in [3.05, 3.63) is 41.2 Å². The highest BCUT2D eigenvalue weighted by Crippen LogP contribution is 2.34. The Morgan fingerprint density at radius 3 is 2.57 bits per heavy atom. The zero-order valence-electron chi connectivity index (χ0n) is 17.4. The average Bonchev–Trinajstić information content (AvgIpc) is 3.32. The van der Waals surface area contributed by atoms with Crippen molar-refractivity contribution in [3.63, 3.8) is 0 Å². The monoisotopic (exact) mass is 409 g/mol. The molecule has 2 aromatic rings. The first kappa shape index (κ1) is 19.0. The number of aromatic nitrogens is 1. The van der Waals surface area contributed by atoms with E-state index in [-0.39, 0.29) is 17.9 Å². The Bertz CT molecular complexity index is 1010. The lowest BCUT2D eigenvalue weighted by molar-refractivity contribution is -0.125. The van der Waals surface area contributed by atoms with Gasteiger partial charge in [-0.05, 0) is 57.7 Å². The molecule has 3 aliphatic rings. The van der Waals surface area contributed by atoms with Crippen molar-refractivity contribution in [2.24, 2.45) is 0 Å². The minimum Gasteiger partial charge on any atom is -0.486 e. The van der Waals surface area contributed by atoms with Crippen LogP contribution in [0.2, 0.25) is 0 Å². The molecule has 2 fully saturated rings. The van der Waals surface area contributed by atoms with Gasteiger partial charge in [0.1, 0.15) is 19.3 Å². The molecule has 1 aliphatic carbocycles. The van der Waals surface area contributed by atoms with Gasteiger partial charge in [0.25, 0.3) is 5.91 Å². The highest BCUT2D eigenvalue weighted by molar-refractivity contribution is 5.99. The fourth-order valence-electron chi connectivity index (χ4n) is 4.51. The Hall–Kier alpha value is -2.96. The molecular weight excluding hydrogens is 382 g/mol. The number of aryl methyl sites for hydroxylation is 1. The first-order valence-electron chi connectivity index (χ1n) is 10.7. The van der Waals surface area contributed by atoms with E-state index in [1.165, 1.54) is 0 Å². The maximum Gasteiger partial charge on any atom is 0.256 e. The van der Waals surface area contributed by atoms with E-state index in [0.29, 0.717) is 31.4 Å². The number of carbonyl (C=O) groups excluding carboxylic acids is 2. The van der Waals surface area contributed by atoms with Crippen molar-refractivity contribution in [1.82, 2.24) is 14.8 Å². The third kappa shape index (κ3) is 3.32. The largest absolute Gasteiger partial charge is 0.486 e. The van der Waals surface area contributed by atoms with Crippen LogP contribution in [0.15, 0.2) is 24.3 Å². The number of nitrogens with zero attached hydrogens (tertiary/aromatic N) is 2. The molecule has 2 aliphatic heterocycles. The minimum absolute atomic E-state index is 0.0102. The molecule has 158 valence electrons. The lowest BCUT2D eigenvalue weighted by Gasteiger charge is -2.24. The molecule has 1 aromatic carbocycles. The Morgan fingerprint density at radius 2 is 1.80 bits per heavy atom. The van der Waals surface area contributed by atoms with Crippen LogP contribution < -0.4 is 14.8 Å². The maximum atomic E-state index is 13.4. The van der Waals surface area contributed by atoms with Crippen LogP contribution in [0.3, 0.4) is 0 Å². The van der Waals surface area contributed by atoms with E-state index in [2.05, 4.69) is 9.88 Å². The van der Waals surface area contributed by atoms with Gasteiger partial charge in [0.05, 0.1) is 5.56 Å². The third-order valence-electron chi connectivity index (χ3n) is 6.19. The summed E-state index contributed by atoms with van der Waals surface area (Å²) in [5.74, 6) is 1.38. The predicted octanol–water partition coefficient (Wildman–Crippen LogP) is 2.75. The van der Waals surface area contributed by atoms with Crippen LogP contribution in [0.4, 0.5) is 0 Å². The zero-order chi connectivity index (χ0) is 20.8. The van der Waals surface area contributed by atoms with Crippen LogP contribution >= 0.6 is 0 Å². The van der Waals surface area contributed by atoms with Crippen LogP contribution in [0, 0.1) is 13.8 Å². The number of benzene rings is 1.